The normalized spacial score (nSPS) is 11.3. The van der Waals surface area contributed by atoms with E-state index in [1.807, 2.05) is 29.4 Å². The lowest BCUT2D eigenvalue weighted by Crippen LogP contribution is -2.05. The number of nitrogens with one attached hydrogen (secondary N) is 1. The maximum atomic E-state index is 5.51. The summed E-state index contributed by atoms with van der Waals surface area (Å²) in [5, 5.41) is 16.3. The van der Waals surface area contributed by atoms with Gasteiger partial charge in [-0.25, -0.2) is 0 Å². The molecule has 138 valence electrons. The zero-order valence-electron chi connectivity index (χ0n) is 15.8. The van der Waals surface area contributed by atoms with Crippen molar-refractivity contribution in [1.29, 1.82) is 0 Å². The Hall–Kier alpha value is -3.00. The van der Waals surface area contributed by atoms with E-state index in [4.69, 9.17) is 17.3 Å². The number of benzene rings is 1. The summed E-state index contributed by atoms with van der Waals surface area (Å²) in [7, 11) is 1.88. The summed E-state index contributed by atoms with van der Waals surface area (Å²) < 4.78 is 6.24. The van der Waals surface area contributed by atoms with E-state index < -0.39 is 0 Å². The summed E-state index contributed by atoms with van der Waals surface area (Å²) in [5.74, 6) is 0.731. The molecule has 7 nitrogen and oxygen atoms in total. The van der Waals surface area contributed by atoms with Gasteiger partial charge in [-0.2, -0.15) is 15.3 Å². The van der Waals surface area contributed by atoms with E-state index in [0.29, 0.717) is 11.3 Å². The molecule has 0 aliphatic rings. The number of H-pyrrole nitrogens is 1. The molecule has 0 radical (unpaired) electrons. The molecule has 0 aliphatic carbocycles. The molecule has 3 aromatic heterocycles. The number of nitrogens with zero attached hydrogens (tertiary/aromatic N) is 6. The number of aromatic amines is 1. The minimum Gasteiger partial charge on any atom is -0.275 e. The second-order valence-corrected chi connectivity index (χ2v) is 7.14. The molecule has 1 aromatic carbocycles. The van der Waals surface area contributed by atoms with Crippen molar-refractivity contribution < 1.29 is 0 Å². The molecule has 8 heteroatoms. The molecule has 4 rings (SSSR count). The van der Waals surface area contributed by atoms with E-state index in [1.54, 1.807) is 10.9 Å². The average Bonchev–Trinajstić information content (AvgIpc) is 3.29. The van der Waals surface area contributed by atoms with Crippen LogP contribution in [0.5, 0.6) is 0 Å². The fourth-order valence-electron chi connectivity index (χ4n) is 3.27. The molecule has 0 saturated heterocycles. The largest absolute Gasteiger partial charge is 0.275 e. The van der Waals surface area contributed by atoms with Crippen molar-refractivity contribution in [2.24, 2.45) is 7.05 Å². The van der Waals surface area contributed by atoms with Gasteiger partial charge >= 0.3 is 0 Å². The summed E-state index contributed by atoms with van der Waals surface area (Å²) in [6.07, 6.45) is 3.70. The molecule has 1 N–H and O–H groups in total. The molecule has 0 saturated carbocycles. The van der Waals surface area contributed by atoms with E-state index in [1.165, 1.54) is 11.1 Å². The third-order valence-electron chi connectivity index (χ3n) is 4.66. The third kappa shape index (κ3) is 3.12. The zero-order chi connectivity index (χ0) is 19.1. The van der Waals surface area contributed by atoms with E-state index in [0.717, 1.165) is 28.5 Å². The number of aromatic nitrogens is 7. The van der Waals surface area contributed by atoms with Crippen LogP contribution in [-0.2, 0) is 13.6 Å². The second kappa shape index (κ2) is 6.62. The number of hydrogen-bond acceptors (Lipinski definition) is 4. The minimum absolute atomic E-state index is 0.537. The molecule has 0 unspecified atom stereocenters. The number of rotatable bonds is 4. The van der Waals surface area contributed by atoms with Crippen LogP contribution in [0.15, 0.2) is 36.7 Å². The first-order valence-corrected chi connectivity index (χ1v) is 9.11. The van der Waals surface area contributed by atoms with E-state index in [-0.39, 0.29) is 0 Å². The molecule has 0 atom stereocenters. The molecule has 27 heavy (non-hydrogen) atoms. The third-order valence-corrected chi connectivity index (χ3v) is 4.93. The zero-order valence-corrected chi connectivity index (χ0v) is 16.6. The van der Waals surface area contributed by atoms with Gasteiger partial charge in [-0.05, 0) is 38.6 Å². The molecular weight excluding hydrogens is 358 g/mol. The summed E-state index contributed by atoms with van der Waals surface area (Å²) >= 11 is 5.51. The van der Waals surface area contributed by atoms with Gasteiger partial charge < -0.3 is 0 Å². The van der Waals surface area contributed by atoms with Gasteiger partial charge in [0.15, 0.2) is 10.6 Å². The molecule has 3 heterocycles. The van der Waals surface area contributed by atoms with Gasteiger partial charge in [-0.15, -0.1) is 0 Å². The van der Waals surface area contributed by atoms with Gasteiger partial charge in [0.05, 0.1) is 35.4 Å². The van der Waals surface area contributed by atoms with Crippen LogP contribution in [-0.4, -0.2) is 34.3 Å². The van der Waals surface area contributed by atoms with Crippen LogP contribution in [0.4, 0.5) is 0 Å². The van der Waals surface area contributed by atoms with Crippen LogP contribution in [0, 0.1) is 25.5 Å². The van der Waals surface area contributed by atoms with Crippen molar-refractivity contribution in [3.8, 4) is 17.1 Å². The van der Waals surface area contributed by atoms with Gasteiger partial charge in [0.1, 0.15) is 0 Å². The highest BCUT2D eigenvalue weighted by molar-refractivity contribution is 7.71. The van der Waals surface area contributed by atoms with Crippen molar-refractivity contribution in [3.05, 3.63) is 63.9 Å². The predicted octanol–water partition coefficient (Wildman–Crippen LogP) is 3.50. The Kier molecular flexibility index (Phi) is 4.27. The van der Waals surface area contributed by atoms with Crippen molar-refractivity contribution in [1.82, 2.24) is 34.3 Å². The summed E-state index contributed by atoms with van der Waals surface area (Å²) in [5.41, 5.74) is 6.26. The fourth-order valence-corrected chi connectivity index (χ4v) is 3.49. The van der Waals surface area contributed by atoms with Crippen LogP contribution in [0.25, 0.3) is 17.1 Å². The van der Waals surface area contributed by atoms with Crippen molar-refractivity contribution in [2.75, 3.05) is 0 Å². The lowest BCUT2D eigenvalue weighted by atomic mass is 10.1. The Labute approximate surface area is 162 Å². The maximum Gasteiger partial charge on any atom is 0.200 e. The highest BCUT2D eigenvalue weighted by Gasteiger charge is 2.20. The summed E-state index contributed by atoms with van der Waals surface area (Å²) in [6, 6.07) is 8.51. The number of hydrogen-bond donors (Lipinski definition) is 1. The lowest BCUT2D eigenvalue weighted by Gasteiger charge is -2.08. The van der Waals surface area contributed by atoms with E-state index in [2.05, 4.69) is 53.4 Å². The van der Waals surface area contributed by atoms with Crippen molar-refractivity contribution >= 4 is 12.2 Å². The lowest BCUT2D eigenvalue weighted by molar-refractivity contribution is 0.658. The average molecular weight is 379 g/mol. The van der Waals surface area contributed by atoms with Crippen LogP contribution in [0.3, 0.4) is 0 Å². The van der Waals surface area contributed by atoms with Gasteiger partial charge in [0, 0.05) is 13.2 Å². The Morgan fingerprint density at radius 1 is 1.11 bits per heavy atom. The predicted molar refractivity (Wildman–Crippen MR) is 106 cm³/mol. The van der Waals surface area contributed by atoms with Crippen molar-refractivity contribution in [2.45, 2.75) is 27.3 Å². The Morgan fingerprint density at radius 3 is 2.52 bits per heavy atom. The highest BCUT2D eigenvalue weighted by atomic mass is 32.1. The molecule has 0 aliphatic heterocycles. The summed E-state index contributed by atoms with van der Waals surface area (Å²) in [4.78, 5) is 0. The minimum atomic E-state index is 0.537. The van der Waals surface area contributed by atoms with Crippen LogP contribution in [0.1, 0.15) is 22.5 Å². The van der Waals surface area contributed by atoms with Gasteiger partial charge in [-0.3, -0.25) is 19.0 Å². The SMILES string of the molecule is Cc1ccc(Cn2nc(C)c(-n3c(-c4cnn(C)c4)n[nH]c3=S)c2C)cc1. The molecule has 0 amide bonds. The molecule has 0 bridgehead atoms. The Bertz CT molecular complexity index is 1160. The van der Waals surface area contributed by atoms with Crippen LogP contribution in [0.2, 0.25) is 0 Å². The first-order valence-electron chi connectivity index (χ1n) is 8.70. The quantitative estimate of drug-likeness (QED) is 0.551. The second-order valence-electron chi connectivity index (χ2n) is 6.75. The summed E-state index contributed by atoms with van der Waals surface area (Å²) in [6.45, 7) is 6.85. The molecular formula is C19H21N7S. The highest BCUT2D eigenvalue weighted by Crippen LogP contribution is 2.26. The molecule has 0 spiro atoms. The van der Waals surface area contributed by atoms with E-state index in [9.17, 15) is 0 Å². The standard InChI is InChI=1S/C19H21N7S/c1-12-5-7-15(8-6-12)10-25-14(3)17(13(2)23-25)26-18(21-22-19(26)27)16-9-20-24(4)11-16/h5-9,11H,10H2,1-4H3,(H,22,27). The molecule has 4 aromatic rings. The van der Waals surface area contributed by atoms with Crippen LogP contribution < -0.4 is 0 Å². The monoisotopic (exact) mass is 379 g/mol. The fraction of sp³-hybridized carbons (Fsp3) is 0.263. The van der Waals surface area contributed by atoms with Gasteiger partial charge in [-0.1, -0.05) is 29.8 Å². The Morgan fingerprint density at radius 2 is 1.85 bits per heavy atom. The first-order chi connectivity index (χ1) is 12.9. The van der Waals surface area contributed by atoms with Gasteiger partial charge in [0.2, 0.25) is 0 Å². The van der Waals surface area contributed by atoms with E-state index >= 15 is 0 Å². The smallest absolute Gasteiger partial charge is 0.200 e. The van der Waals surface area contributed by atoms with Gasteiger partial charge in [0.25, 0.3) is 0 Å². The maximum absolute atomic E-state index is 5.51. The Balaban J connectivity index is 1.80. The number of aryl methyl sites for hydroxylation is 3. The van der Waals surface area contributed by atoms with Crippen molar-refractivity contribution in [3.63, 3.8) is 0 Å². The van der Waals surface area contributed by atoms with Crippen LogP contribution >= 0.6 is 12.2 Å². The topological polar surface area (TPSA) is 69.2 Å². The molecule has 0 fully saturated rings. The first kappa shape index (κ1) is 17.4.